The summed E-state index contributed by atoms with van der Waals surface area (Å²) in [4.78, 5) is 27.1. The minimum absolute atomic E-state index is 0.127. The highest BCUT2D eigenvalue weighted by atomic mass is 16.5. The van der Waals surface area contributed by atoms with Crippen LogP contribution in [0.25, 0.3) is 21.5 Å². The molecule has 0 aromatic heterocycles. The lowest BCUT2D eigenvalue weighted by Gasteiger charge is -2.16. The zero-order chi connectivity index (χ0) is 45.3. The smallest absolute Gasteiger partial charge is 0.255 e. The molecule has 0 aliphatic rings. The van der Waals surface area contributed by atoms with Gasteiger partial charge in [-0.25, -0.2) is 0 Å². The number of carbonyl (C=O) groups excluding carboxylic acids is 2. The summed E-state index contributed by atoms with van der Waals surface area (Å²) >= 11 is 0. The molecule has 4 rings (SSSR count). The average Bonchev–Trinajstić information content (AvgIpc) is 3.31. The maximum atomic E-state index is 13.6. The van der Waals surface area contributed by atoms with Crippen molar-refractivity contribution in [1.82, 2.24) is 10.6 Å². The molecule has 0 radical (unpaired) electrons. The summed E-state index contributed by atoms with van der Waals surface area (Å²) in [7, 11) is 0. The fourth-order valence-corrected chi connectivity index (χ4v) is 8.67. The molecule has 0 fully saturated rings. The number of rotatable bonds is 38. The molecule has 2 N–H and O–H groups in total. The zero-order valence-electron chi connectivity index (χ0n) is 40.4. The number of fused-ring (bicyclic) bond motifs is 2. The number of nitrogens with one attached hydrogen (secondary N) is 2. The van der Waals surface area contributed by atoms with Gasteiger partial charge in [-0.3, -0.25) is 9.59 Å². The van der Waals surface area contributed by atoms with Crippen LogP contribution in [0.2, 0.25) is 0 Å². The van der Waals surface area contributed by atoms with Gasteiger partial charge in [0.1, 0.15) is 24.7 Å². The second-order valence-corrected chi connectivity index (χ2v) is 18.4. The van der Waals surface area contributed by atoms with Gasteiger partial charge in [0, 0.05) is 13.1 Å². The maximum Gasteiger partial charge on any atom is 0.255 e. The Kier molecular flexibility index (Phi) is 27.1. The SMILES string of the molecule is C=C(COc1cc2ccccc2cc1C(=O)NCCCCCCCCCCCCCCCC)COc1cc2ccccc2cc1C(=O)NCCCCCCCCCCCCCCCC. The van der Waals surface area contributed by atoms with Crippen LogP contribution in [0.5, 0.6) is 11.5 Å². The quantitative estimate of drug-likeness (QED) is 0.0347. The molecular weight excluding hydrogens is 789 g/mol. The van der Waals surface area contributed by atoms with E-state index in [1.165, 1.54) is 154 Å². The Morgan fingerprint density at radius 1 is 0.406 bits per heavy atom. The van der Waals surface area contributed by atoms with Crippen molar-refractivity contribution in [3.63, 3.8) is 0 Å². The Morgan fingerprint density at radius 2 is 0.672 bits per heavy atom. The van der Waals surface area contributed by atoms with E-state index in [1.807, 2.05) is 72.8 Å². The van der Waals surface area contributed by atoms with Crippen molar-refractivity contribution in [3.05, 3.63) is 96.1 Å². The topological polar surface area (TPSA) is 76.7 Å². The summed E-state index contributed by atoms with van der Waals surface area (Å²) in [6.45, 7) is 10.4. The highest BCUT2D eigenvalue weighted by molar-refractivity contribution is 6.02. The number of hydrogen-bond donors (Lipinski definition) is 2. The first kappa shape index (κ1) is 52.3. The lowest BCUT2D eigenvalue weighted by atomic mass is 10.0. The number of unbranched alkanes of at least 4 members (excludes halogenated alkanes) is 26. The number of hydrogen-bond acceptors (Lipinski definition) is 4. The van der Waals surface area contributed by atoms with Gasteiger partial charge < -0.3 is 20.1 Å². The molecule has 0 aliphatic carbocycles. The van der Waals surface area contributed by atoms with Crippen LogP contribution in [0.3, 0.4) is 0 Å². The molecule has 6 heteroatoms. The van der Waals surface area contributed by atoms with Gasteiger partial charge in [-0.2, -0.15) is 0 Å². The molecule has 0 bridgehead atoms. The molecule has 6 nitrogen and oxygen atoms in total. The van der Waals surface area contributed by atoms with E-state index in [4.69, 9.17) is 9.47 Å². The first-order valence-electron chi connectivity index (χ1n) is 26.0. The van der Waals surface area contributed by atoms with Crippen LogP contribution in [-0.2, 0) is 0 Å². The second kappa shape index (κ2) is 33.2. The van der Waals surface area contributed by atoms with E-state index in [9.17, 15) is 9.59 Å². The predicted molar refractivity (Wildman–Crippen MR) is 273 cm³/mol. The van der Waals surface area contributed by atoms with Crippen molar-refractivity contribution in [1.29, 1.82) is 0 Å². The van der Waals surface area contributed by atoms with Crippen LogP contribution in [0.4, 0.5) is 0 Å². The monoisotopic (exact) mass is 875 g/mol. The van der Waals surface area contributed by atoms with E-state index in [0.717, 1.165) is 47.2 Å². The van der Waals surface area contributed by atoms with Gasteiger partial charge in [0.15, 0.2) is 0 Å². The van der Waals surface area contributed by atoms with Gasteiger partial charge >= 0.3 is 0 Å². The highest BCUT2D eigenvalue weighted by Gasteiger charge is 2.17. The van der Waals surface area contributed by atoms with E-state index >= 15 is 0 Å². The van der Waals surface area contributed by atoms with Gasteiger partial charge in [-0.1, -0.05) is 236 Å². The van der Waals surface area contributed by atoms with Crippen LogP contribution in [-0.4, -0.2) is 38.1 Å². The molecule has 0 spiro atoms. The van der Waals surface area contributed by atoms with Crippen molar-refractivity contribution in [3.8, 4) is 11.5 Å². The molecular formula is C58H86N2O4. The van der Waals surface area contributed by atoms with E-state index in [0.29, 0.717) is 41.3 Å². The maximum absolute atomic E-state index is 13.6. The Morgan fingerprint density at radius 3 is 0.969 bits per heavy atom. The molecule has 2 amide bonds. The first-order valence-corrected chi connectivity index (χ1v) is 26.0. The Bertz CT molecular complexity index is 1770. The largest absolute Gasteiger partial charge is 0.488 e. The molecule has 0 heterocycles. The van der Waals surface area contributed by atoms with Crippen LogP contribution in [0.15, 0.2) is 84.9 Å². The zero-order valence-corrected chi connectivity index (χ0v) is 40.4. The van der Waals surface area contributed by atoms with Crippen LogP contribution in [0.1, 0.15) is 214 Å². The number of amides is 2. The van der Waals surface area contributed by atoms with Crippen LogP contribution >= 0.6 is 0 Å². The summed E-state index contributed by atoms with van der Waals surface area (Å²) in [6.07, 6.45) is 36.6. The summed E-state index contributed by atoms with van der Waals surface area (Å²) in [5.74, 6) is 0.789. The summed E-state index contributed by atoms with van der Waals surface area (Å²) in [6, 6.07) is 23.8. The number of carbonyl (C=O) groups is 2. The molecule has 0 atom stereocenters. The standard InChI is InChI=1S/C58H86N2O4/c1-4-6-8-10-12-14-16-18-20-22-24-26-28-34-40-59-57(61)53-42-49-36-30-32-38-51(49)44-55(53)63-46-48(3)47-64-56-45-52-39-33-31-37-50(52)43-54(56)58(62)60-41-35-29-27-25-23-21-19-17-15-13-11-9-7-5-2/h30-33,36-39,42-45H,3-29,34-35,40-41,46-47H2,1-2H3,(H,59,61)(H,60,62). The van der Waals surface area contributed by atoms with Gasteiger partial charge in [-0.05, 0) is 64.2 Å². The minimum atomic E-state index is -0.127. The van der Waals surface area contributed by atoms with Gasteiger partial charge in [0.2, 0.25) is 0 Å². The Hall–Kier alpha value is -4.32. The van der Waals surface area contributed by atoms with Gasteiger partial charge in [0.25, 0.3) is 11.8 Å². The molecule has 4 aromatic rings. The molecule has 0 aliphatic heterocycles. The van der Waals surface area contributed by atoms with E-state index in [-0.39, 0.29) is 25.0 Å². The lowest BCUT2D eigenvalue weighted by molar-refractivity contribution is 0.0941. The van der Waals surface area contributed by atoms with E-state index in [2.05, 4.69) is 31.1 Å². The molecule has 352 valence electrons. The van der Waals surface area contributed by atoms with Gasteiger partial charge in [-0.15, -0.1) is 0 Å². The third-order valence-electron chi connectivity index (χ3n) is 12.7. The van der Waals surface area contributed by atoms with Crippen molar-refractivity contribution in [2.24, 2.45) is 0 Å². The van der Waals surface area contributed by atoms with Crippen LogP contribution < -0.4 is 20.1 Å². The predicted octanol–water partition coefficient (Wildman–Crippen LogP) is 16.4. The lowest BCUT2D eigenvalue weighted by Crippen LogP contribution is -2.25. The molecule has 0 saturated heterocycles. The summed E-state index contributed by atoms with van der Waals surface area (Å²) in [5.41, 5.74) is 1.74. The molecule has 0 saturated carbocycles. The first-order chi connectivity index (χ1) is 31.5. The van der Waals surface area contributed by atoms with Crippen molar-refractivity contribution < 1.29 is 19.1 Å². The minimum Gasteiger partial charge on any atom is -0.488 e. The van der Waals surface area contributed by atoms with Crippen molar-refractivity contribution >= 4 is 33.4 Å². The molecule has 4 aromatic carbocycles. The second-order valence-electron chi connectivity index (χ2n) is 18.4. The number of ether oxygens (including phenoxy) is 2. The van der Waals surface area contributed by atoms with Gasteiger partial charge in [0.05, 0.1) is 11.1 Å². The van der Waals surface area contributed by atoms with E-state index < -0.39 is 0 Å². The molecule has 64 heavy (non-hydrogen) atoms. The Balaban J connectivity index is 1.18. The summed E-state index contributed by atoms with van der Waals surface area (Å²) < 4.78 is 12.6. The average molecular weight is 875 g/mol. The summed E-state index contributed by atoms with van der Waals surface area (Å²) in [5, 5.41) is 10.3. The number of benzene rings is 4. The fourth-order valence-electron chi connectivity index (χ4n) is 8.67. The third kappa shape index (κ3) is 21.1. The van der Waals surface area contributed by atoms with Crippen molar-refractivity contribution in [2.75, 3.05) is 26.3 Å². The normalized spacial score (nSPS) is 11.3. The van der Waals surface area contributed by atoms with Crippen LogP contribution in [0, 0.1) is 0 Å². The highest BCUT2D eigenvalue weighted by Crippen LogP contribution is 2.29. The molecule has 0 unspecified atom stereocenters. The van der Waals surface area contributed by atoms with Crippen molar-refractivity contribution in [2.45, 2.75) is 194 Å². The third-order valence-corrected chi connectivity index (χ3v) is 12.7. The fraction of sp³-hybridized carbons (Fsp3) is 0.586. The van der Waals surface area contributed by atoms with E-state index in [1.54, 1.807) is 0 Å². The Labute approximate surface area is 389 Å².